The van der Waals surface area contributed by atoms with E-state index in [1.165, 1.54) is 23.9 Å². The Morgan fingerprint density at radius 1 is 1.14 bits per heavy atom. The van der Waals surface area contributed by atoms with E-state index in [1.807, 2.05) is 31.2 Å². The van der Waals surface area contributed by atoms with E-state index in [1.54, 1.807) is 24.3 Å². The van der Waals surface area contributed by atoms with Crippen LogP contribution < -0.4 is 15.0 Å². The van der Waals surface area contributed by atoms with Crippen molar-refractivity contribution < 1.29 is 36.2 Å². The highest BCUT2D eigenvalue weighted by molar-refractivity contribution is 7.84. The summed E-state index contributed by atoms with van der Waals surface area (Å²) in [5.41, 5.74) is 4.04. The van der Waals surface area contributed by atoms with Gasteiger partial charge in [0.25, 0.3) is 0 Å². The van der Waals surface area contributed by atoms with E-state index in [0.29, 0.717) is 40.9 Å². The van der Waals surface area contributed by atoms with Crippen molar-refractivity contribution in [3.8, 4) is 5.75 Å². The lowest BCUT2D eigenvalue weighted by Crippen LogP contribution is -2.28. The zero-order chi connectivity index (χ0) is 34.7. The number of rotatable bonds is 12. The maximum atomic E-state index is 13.9. The number of hydrogen-bond acceptors (Lipinski definition) is 12. The lowest BCUT2D eigenvalue weighted by atomic mass is 9.93. The van der Waals surface area contributed by atoms with Gasteiger partial charge < -0.3 is 19.3 Å². The highest BCUT2D eigenvalue weighted by Gasteiger charge is 2.39. The lowest BCUT2D eigenvalue weighted by molar-refractivity contribution is -0.150. The number of aryl methyl sites for hydroxylation is 1. The summed E-state index contributed by atoms with van der Waals surface area (Å²) < 4.78 is 45.2. The van der Waals surface area contributed by atoms with Crippen LogP contribution in [0.25, 0.3) is 0 Å². The first-order chi connectivity index (χ1) is 23.5. The largest absolute Gasteiger partial charge is 0.480 e. The minimum atomic E-state index is -4.23. The summed E-state index contributed by atoms with van der Waals surface area (Å²) in [6.45, 7) is 2.23. The summed E-state index contributed by atoms with van der Waals surface area (Å²) in [5.74, 6) is -0.322. The summed E-state index contributed by atoms with van der Waals surface area (Å²) in [6.07, 6.45) is 3.22. The Morgan fingerprint density at radius 3 is 2.69 bits per heavy atom. The van der Waals surface area contributed by atoms with Gasteiger partial charge in [-0.25, -0.2) is 15.1 Å². The van der Waals surface area contributed by atoms with Crippen LogP contribution >= 0.6 is 32.4 Å². The molecular weight excluding hydrogens is 711 g/mol. The Hall–Kier alpha value is -3.49. The van der Waals surface area contributed by atoms with Crippen LogP contribution in [-0.4, -0.2) is 55.5 Å². The van der Waals surface area contributed by atoms with Crippen molar-refractivity contribution in [3.05, 3.63) is 104 Å². The first-order valence-electron chi connectivity index (χ1n) is 15.4. The van der Waals surface area contributed by atoms with Gasteiger partial charge in [0.1, 0.15) is 30.1 Å². The first kappa shape index (κ1) is 35.3. The molecule has 258 valence electrons. The number of aromatic nitrogens is 2. The van der Waals surface area contributed by atoms with Crippen LogP contribution in [0.15, 0.2) is 61.1 Å². The highest BCUT2D eigenvalue weighted by Crippen LogP contribution is 2.40. The lowest BCUT2D eigenvalue weighted by Gasteiger charge is -2.26. The summed E-state index contributed by atoms with van der Waals surface area (Å²) in [5, 5.41) is 9.02. The molecule has 0 bridgehead atoms. The number of anilines is 1. The van der Waals surface area contributed by atoms with Crippen LogP contribution in [0.5, 0.6) is 5.75 Å². The third kappa shape index (κ3) is 8.64. The molecule has 5 atom stereocenters. The van der Waals surface area contributed by atoms with Crippen LogP contribution in [0, 0.1) is 12.8 Å². The average molecular weight is 745 g/mol. The third-order valence-electron chi connectivity index (χ3n) is 8.57. The van der Waals surface area contributed by atoms with E-state index in [4.69, 9.17) is 34.9 Å². The number of nitrogens with zero attached hydrogens (tertiary/aromatic N) is 2. The molecule has 3 N–H and O–H groups in total. The quantitative estimate of drug-likeness (QED) is 0.112. The van der Waals surface area contributed by atoms with E-state index in [0.717, 1.165) is 33.6 Å². The second-order valence-corrected chi connectivity index (χ2v) is 15.0. The van der Waals surface area contributed by atoms with Gasteiger partial charge in [0.15, 0.2) is 0 Å². The highest BCUT2D eigenvalue weighted by atomic mass is 35.5. The predicted octanol–water partition coefficient (Wildman–Crippen LogP) is 5.13. The maximum Gasteiger partial charge on any atom is 0.333 e. The number of carbonyl (C=O) groups excluding carboxylic acids is 2. The fraction of sp³-hybridized carbons (Fsp3) is 0.333. The second kappa shape index (κ2) is 15.2. The molecule has 1 unspecified atom stereocenters. The first-order valence-corrected chi connectivity index (χ1v) is 18.5. The Bertz CT molecular complexity index is 1960. The van der Waals surface area contributed by atoms with E-state index in [-0.39, 0.29) is 36.5 Å². The molecule has 2 aromatic heterocycles. The van der Waals surface area contributed by atoms with Crippen LogP contribution in [0.4, 0.5) is 5.82 Å². The van der Waals surface area contributed by atoms with Gasteiger partial charge in [0.05, 0.1) is 39.5 Å². The van der Waals surface area contributed by atoms with Crippen molar-refractivity contribution in [2.75, 3.05) is 18.5 Å². The summed E-state index contributed by atoms with van der Waals surface area (Å²) in [7, 11) is -2.07. The number of esters is 1. The zero-order valence-corrected chi connectivity index (χ0v) is 29.9. The molecule has 12 nitrogen and oxygen atoms in total. The van der Waals surface area contributed by atoms with Crippen LogP contribution in [0.1, 0.15) is 61.3 Å². The summed E-state index contributed by atoms with van der Waals surface area (Å²) in [6, 6.07) is 14.3. The number of nitrogens with one attached hydrogen (secondary N) is 1. The molecule has 16 heteroatoms. The molecule has 2 aromatic carbocycles. The number of ether oxygens (including phenoxy) is 2. The minimum absolute atomic E-state index is 0.00575. The number of fused-ring (bicyclic) bond motifs is 1. The molecule has 0 amide bonds. The molecule has 6 rings (SSSR count). The molecule has 4 aromatic rings. The molecule has 1 saturated carbocycles. The van der Waals surface area contributed by atoms with Gasteiger partial charge in [-0.05, 0) is 72.4 Å². The number of hydrogen-bond donors (Lipinski definition) is 2. The fourth-order valence-corrected chi connectivity index (χ4v) is 7.95. The van der Waals surface area contributed by atoms with Gasteiger partial charge in [-0.15, -0.1) is 11.3 Å². The number of thiophene rings is 1. The molecule has 49 heavy (non-hydrogen) atoms. The van der Waals surface area contributed by atoms with E-state index < -0.39 is 28.3 Å². The number of benzene rings is 2. The van der Waals surface area contributed by atoms with Crippen molar-refractivity contribution in [1.82, 2.24) is 9.97 Å². The Labute approximate surface area is 295 Å². The number of ketones is 1. The second-order valence-electron chi connectivity index (χ2n) is 11.9. The molecule has 0 saturated heterocycles. The molecule has 1 aliphatic heterocycles. The summed E-state index contributed by atoms with van der Waals surface area (Å²) in [4.78, 5) is 36.8. The topological polar surface area (TPSA) is 169 Å². The molecule has 3 heterocycles. The monoisotopic (exact) mass is 744 g/mol. The van der Waals surface area contributed by atoms with Gasteiger partial charge in [-0.1, -0.05) is 29.8 Å². The van der Waals surface area contributed by atoms with E-state index >= 15 is 0 Å². The van der Waals surface area contributed by atoms with E-state index in [9.17, 15) is 18.0 Å². The Balaban J connectivity index is 1.18. The average Bonchev–Trinajstić information content (AvgIpc) is 3.65. The van der Waals surface area contributed by atoms with Crippen molar-refractivity contribution in [3.63, 3.8) is 0 Å². The van der Waals surface area contributed by atoms with E-state index in [2.05, 4.69) is 24.8 Å². The number of nitrogens with two attached hydrogens (primary N) is 1. The van der Waals surface area contributed by atoms with Crippen molar-refractivity contribution in [2.24, 2.45) is 11.1 Å². The maximum absolute atomic E-state index is 13.9. The Morgan fingerprint density at radius 2 is 1.94 bits per heavy atom. The number of halogens is 1. The van der Waals surface area contributed by atoms with Gasteiger partial charge in [0.2, 0.25) is 5.78 Å². The van der Waals surface area contributed by atoms with Gasteiger partial charge in [-0.3, -0.25) is 13.8 Å². The predicted molar refractivity (Wildman–Crippen MR) is 187 cm³/mol. The van der Waals surface area contributed by atoms with Crippen LogP contribution in [-0.2, 0) is 41.6 Å². The minimum Gasteiger partial charge on any atom is -0.480 e. The molecule has 2 aliphatic rings. The number of carbonyl (C=O) groups is 2. The van der Waals surface area contributed by atoms with Gasteiger partial charge in [0, 0.05) is 34.5 Å². The molecule has 1 fully saturated rings. The smallest absolute Gasteiger partial charge is 0.333 e. The fourth-order valence-electron chi connectivity index (χ4n) is 6.25. The molecule has 1 aliphatic carbocycles. The normalized spacial score (nSPS) is 20.4. The molecule has 0 spiro atoms. The zero-order valence-electron chi connectivity index (χ0n) is 26.3. The van der Waals surface area contributed by atoms with Crippen LogP contribution in [0.2, 0.25) is 5.02 Å². The summed E-state index contributed by atoms with van der Waals surface area (Å²) >= 11 is 7.68. The van der Waals surface area contributed by atoms with Crippen molar-refractivity contribution in [1.29, 1.82) is 0 Å². The van der Waals surface area contributed by atoms with Crippen LogP contribution in [0.3, 0.4) is 0 Å². The molecular formula is C33H34ClN4O8PS2. The SMILES string of the molecule is Cc1sc(C(=O)c2cncnc2N[C@@H]2C[C@H](COS(N)(=O)=O)[C@@H](OC(=O)Cc3ccc(OP)cc3)C2)cc1[C@@H]1OCCc2ccc(Cl)cc21. The molecule has 0 radical (unpaired) electrons. The van der Waals surface area contributed by atoms with Crippen molar-refractivity contribution in [2.45, 2.75) is 50.9 Å². The Kier molecular flexibility index (Phi) is 10.9. The van der Waals surface area contributed by atoms with Crippen molar-refractivity contribution >= 4 is 60.3 Å². The third-order valence-corrected chi connectivity index (χ3v) is 10.6. The van der Waals surface area contributed by atoms with Gasteiger partial charge in [-0.2, -0.15) is 8.42 Å². The van der Waals surface area contributed by atoms with Gasteiger partial charge >= 0.3 is 16.3 Å². The standard InChI is InChI=1S/C33H34ClN4O8PS2/c1-18-25(32-26-12-22(34)5-4-20(26)8-9-43-32)14-29(48-18)31(40)27-15-36-17-37-33(27)38-23-11-21(16-44-49(35,41)42)28(13-23)45-30(39)10-19-2-6-24(46-47)7-3-19/h2-7,12,14-15,17,21,23,28,32H,8-11,13,16,47H2,1H3,(H2,35,41,42)(H,36,37,38)/t21-,23-,28+,32+/m1/s1.